The van der Waals surface area contributed by atoms with Crippen LogP contribution in [0.1, 0.15) is 29.6 Å². The molecule has 1 fully saturated rings. The second kappa shape index (κ2) is 9.55. The Balaban J connectivity index is 1.53. The van der Waals surface area contributed by atoms with E-state index in [1.54, 1.807) is 30.6 Å². The lowest BCUT2D eigenvalue weighted by atomic mass is 10.0. The summed E-state index contributed by atoms with van der Waals surface area (Å²) in [6.45, 7) is 1.75. The van der Waals surface area contributed by atoms with Gasteiger partial charge in [-0.15, -0.1) is 12.3 Å². The molecule has 3 rings (SSSR count). The number of hydrogen-bond acceptors (Lipinski definition) is 6. The van der Waals surface area contributed by atoms with Gasteiger partial charge in [-0.3, -0.25) is 4.79 Å². The SMILES string of the molecule is C#CC[C@H](NC(=O)c1ccc(N2CCC(Nc3ncccn3)CC2)cc1)C(=O)O. The molecule has 1 aromatic heterocycles. The van der Waals surface area contributed by atoms with Gasteiger partial charge in [-0.2, -0.15) is 0 Å². The van der Waals surface area contributed by atoms with Crippen LogP contribution < -0.4 is 15.5 Å². The number of benzene rings is 1. The minimum Gasteiger partial charge on any atom is -0.480 e. The quantitative estimate of drug-likeness (QED) is 0.615. The van der Waals surface area contributed by atoms with Gasteiger partial charge in [0.05, 0.1) is 0 Å². The highest BCUT2D eigenvalue weighted by Crippen LogP contribution is 2.22. The van der Waals surface area contributed by atoms with Crippen LogP contribution in [0, 0.1) is 12.3 Å². The van der Waals surface area contributed by atoms with Crippen LogP contribution in [-0.4, -0.2) is 52.1 Å². The summed E-state index contributed by atoms with van der Waals surface area (Å²) < 4.78 is 0. The largest absolute Gasteiger partial charge is 0.480 e. The van der Waals surface area contributed by atoms with E-state index in [1.807, 2.05) is 12.1 Å². The van der Waals surface area contributed by atoms with Crippen LogP contribution in [0.3, 0.4) is 0 Å². The summed E-state index contributed by atoms with van der Waals surface area (Å²) in [5.41, 5.74) is 1.42. The summed E-state index contributed by atoms with van der Waals surface area (Å²) in [7, 11) is 0. The van der Waals surface area contributed by atoms with Gasteiger partial charge in [0.2, 0.25) is 5.95 Å². The Labute approximate surface area is 169 Å². The fourth-order valence-corrected chi connectivity index (χ4v) is 3.22. The first-order chi connectivity index (χ1) is 14.1. The first-order valence-electron chi connectivity index (χ1n) is 9.42. The average molecular weight is 393 g/mol. The lowest BCUT2D eigenvalue weighted by molar-refractivity contribution is -0.139. The number of carbonyl (C=O) groups excluding carboxylic acids is 1. The molecular formula is C21H23N5O3. The number of aromatic nitrogens is 2. The molecule has 29 heavy (non-hydrogen) atoms. The molecule has 0 spiro atoms. The van der Waals surface area contributed by atoms with Gasteiger partial charge in [0, 0.05) is 49.2 Å². The number of amides is 1. The summed E-state index contributed by atoms with van der Waals surface area (Å²) in [4.78, 5) is 34.0. The van der Waals surface area contributed by atoms with Crippen LogP contribution in [0.25, 0.3) is 0 Å². The number of terminal acetylenes is 1. The molecule has 1 atom stereocenters. The number of piperidine rings is 1. The highest BCUT2D eigenvalue weighted by molar-refractivity contribution is 5.96. The normalized spacial score (nSPS) is 15.2. The Morgan fingerprint density at radius 3 is 2.45 bits per heavy atom. The van der Waals surface area contributed by atoms with Crippen molar-refractivity contribution in [2.75, 3.05) is 23.3 Å². The summed E-state index contributed by atoms with van der Waals surface area (Å²) in [5, 5.41) is 14.9. The zero-order chi connectivity index (χ0) is 20.6. The minimum absolute atomic E-state index is 0.0594. The van der Waals surface area contributed by atoms with Crippen molar-refractivity contribution in [3.63, 3.8) is 0 Å². The molecule has 8 nitrogen and oxygen atoms in total. The van der Waals surface area contributed by atoms with Crippen molar-refractivity contribution in [3.8, 4) is 12.3 Å². The number of nitrogens with zero attached hydrogens (tertiary/aromatic N) is 3. The van der Waals surface area contributed by atoms with E-state index in [-0.39, 0.29) is 6.42 Å². The third kappa shape index (κ3) is 5.45. The van der Waals surface area contributed by atoms with E-state index in [2.05, 4.69) is 31.4 Å². The van der Waals surface area contributed by atoms with Gasteiger partial charge in [0.25, 0.3) is 5.91 Å². The van der Waals surface area contributed by atoms with Crippen LogP contribution in [0.15, 0.2) is 42.7 Å². The molecule has 0 aliphatic carbocycles. The molecule has 2 aromatic rings. The van der Waals surface area contributed by atoms with Crippen molar-refractivity contribution in [1.29, 1.82) is 0 Å². The molecule has 0 unspecified atom stereocenters. The Morgan fingerprint density at radius 1 is 1.21 bits per heavy atom. The zero-order valence-electron chi connectivity index (χ0n) is 15.9. The van der Waals surface area contributed by atoms with E-state index >= 15 is 0 Å². The van der Waals surface area contributed by atoms with E-state index in [0.29, 0.717) is 17.6 Å². The van der Waals surface area contributed by atoms with E-state index in [0.717, 1.165) is 31.6 Å². The molecule has 3 N–H and O–H groups in total. The molecule has 8 heteroatoms. The van der Waals surface area contributed by atoms with Gasteiger partial charge in [0.1, 0.15) is 6.04 Å². The van der Waals surface area contributed by atoms with Gasteiger partial charge in [-0.25, -0.2) is 14.8 Å². The third-order valence-electron chi connectivity index (χ3n) is 4.81. The van der Waals surface area contributed by atoms with Crippen molar-refractivity contribution < 1.29 is 14.7 Å². The molecule has 0 radical (unpaired) electrons. The van der Waals surface area contributed by atoms with Crippen molar-refractivity contribution in [3.05, 3.63) is 48.3 Å². The van der Waals surface area contributed by atoms with Crippen molar-refractivity contribution >= 4 is 23.5 Å². The van der Waals surface area contributed by atoms with Gasteiger partial charge in [-0.05, 0) is 43.2 Å². The zero-order valence-corrected chi connectivity index (χ0v) is 15.9. The number of rotatable bonds is 7. The van der Waals surface area contributed by atoms with Crippen LogP contribution in [0.2, 0.25) is 0 Å². The Hall–Kier alpha value is -3.60. The van der Waals surface area contributed by atoms with Gasteiger partial charge in [-0.1, -0.05) is 0 Å². The predicted octanol–water partition coefficient (Wildman–Crippen LogP) is 1.76. The second-order valence-electron chi connectivity index (χ2n) is 6.80. The minimum atomic E-state index is -1.15. The number of carboxylic acid groups (broad SMARTS) is 1. The van der Waals surface area contributed by atoms with Gasteiger partial charge >= 0.3 is 5.97 Å². The molecule has 1 aliphatic rings. The van der Waals surface area contributed by atoms with E-state index in [4.69, 9.17) is 11.5 Å². The molecule has 1 amide bonds. The Kier molecular flexibility index (Phi) is 6.63. The standard InChI is InChI=1S/C21H23N5O3/c1-2-4-18(20(28)29)25-19(27)15-5-7-17(8-6-15)26-13-9-16(10-14-26)24-21-22-11-3-12-23-21/h1,3,5-8,11-12,16,18H,4,9-10,13-14H2,(H,25,27)(H,28,29)(H,22,23,24)/t18-/m0/s1. The summed E-state index contributed by atoms with van der Waals surface area (Å²) >= 11 is 0. The Morgan fingerprint density at radius 2 is 1.86 bits per heavy atom. The third-order valence-corrected chi connectivity index (χ3v) is 4.81. The smallest absolute Gasteiger partial charge is 0.327 e. The molecule has 150 valence electrons. The van der Waals surface area contributed by atoms with Gasteiger partial charge in [0.15, 0.2) is 0 Å². The lowest BCUT2D eigenvalue weighted by Crippen LogP contribution is -2.40. The molecule has 1 aromatic carbocycles. The van der Waals surface area contributed by atoms with Gasteiger partial charge < -0.3 is 20.6 Å². The topological polar surface area (TPSA) is 107 Å². The van der Waals surface area contributed by atoms with Crippen LogP contribution in [0.4, 0.5) is 11.6 Å². The maximum absolute atomic E-state index is 12.3. The first-order valence-corrected chi connectivity index (χ1v) is 9.42. The number of carboxylic acids is 1. The maximum Gasteiger partial charge on any atom is 0.327 e. The van der Waals surface area contributed by atoms with E-state index in [1.165, 1.54) is 0 Å². The molecule has 2 heterocycles. The molecule has 1 aliphatic heterocycles. The number of hydrogen-bond donors (Lipinski definition) is 3. The second-order valence-corrected chi connectivity index (χ2v) is 6.80. The van der Waals surface area contributed by atoms with Crippen molar-refractivity contribution in [1.82, 2.24) is 15.3 Å². The number of aliphatic carboxylic acids is 1. The molecule has 0 saturated carbocycles. The van der Waals surface area contributed by atoms with Crippen LogP contribution in [-0.2, 0) is 4.79 Å². The summed E-state index contributed by atoms with van der Waals surface area (Å²) in [6, 6.07) is 8.16. The molecular weight excluding hydrogens is 370 g/mol. The number of nitrogens with one attached hydrogen (secondary N) is 2. The summed E-state index contributed by atoms with van der Waals surface area (Å²) in [6.07, 6.45) is 10.4. The van der Waals surface area contributed by atoms with Crippen molar-refractivity contribution in [2.45, 2.75) is 31.3 Å². The molecule has 1 saturated heterocycles. The predicted molar refractivity (Wildman–Crippen MR) is 110 cm³/mol. The fourth-order valence-electron chi connectivity index (χ4n) is 3.22. The number of anilines is 2. The fraction of sp³-hybridized carbons (Fsp3) is 0.333. The summed E-state index contributed by atoms with van der Waals surface area (Å²) in [5.74, 6) is 1.30. The number of carbonyl (C=O) groups is 2. The van der Waals surface area contributed by atoms with E-state index in [9.17, 15) is 9.59 Å². The first kappa shape index (κ1) is 20.1. The lowest BCUT2D eigenvalue weighted by Gasteiger charge is -2.34. The van der Waals surface area contributed by atoms with E-state index < -0.39 is 17.9 Å². The average Bonchev–Trinajstić information content (AvgIpc) is 2.75. The highest BCUT2D eigenvalue weighted by atomic mass is 16.4. The molecule has 0 bridgehead atoms. The maximum atomic E-state index is 12.3. The van der Waals surface area contributed by atoms with Crippen LogP contribution >= 0.6 is 0 Å². The monoisotopic (exact) mass is 393 g/mol. The highest BCUT2D eigenvalue weighted by Gasteiger charge is 2.21. The Bertz CT molecular complexity index is 871. The van der Waals surface area contributed by atoms with Crippen LogP contribution in [0.5, 0.6) is 0 Å². The van der Waals surface area contributed by atoms with Crippen molar-refractivity contribution in [2.24, 2.45) is 0 Å².